The normalized spacial score (nSPS) is 32.8. The summed E-state index contributed by atoms with van der Waals surface area (Å²) in [6.07, 6.45) is -0.195. The number of rotatable bonds is 4. The fraction of sp³-hybridized carbons (Fsp3) is 0.933. The quantitative estimate of drug-likeness (QED) is 0.793. The Morgan fingerprint density at radius 2 is 1.50 bits per heavy atom. The number of hydrogen-bond acceptors (Lipinski definition) is 4. The first-order valence-corrected chi connectivity index (χ1v) is 7.33. The molecule has 116 valence electrons. The topological polar surface area (TPSA) is 48.0 Å². The van der Waals surface area contributed by atoms with E-state index in [1.54, 1.807) is 14.2 Å². The molecule has 0 spiro atoms. The number of ether oxygens (including phenoxy) is 3. The Labute approximate surface area is 121 Å². The molecule has 0 bridgehead atoms. The maximum Gasteiger partial charge on any atom is 0.410 e. The zero-order chi connectivity index (χ0) is 14.9. The van der Waals surface area contributed by atoms with Crippen LogP contribution in [-0.2, 0) is 14.2 Å². The van der Waals surface area contributed by atoms with Gasteiger partial charge in [-0.2, -0.15) is 0 Å². The minimum absolute atomic E-state index is 0.195. The molecule has 0 N–H and O–H groups in total. The Morgan fingerprint density at radius 1 is 1.05 bits per heavy atom. The fourth-order valence-corrected chi connectivity index (χ4v) is 3.60. The van der Waals surface area contributed by atoms with Crippen molar-refractivity contribution in [3.8, 4) is 0 Å². The van der Waals surface area contributed by atoms with Crippen LogP contribution < -0.4 is 0 Å². The Bertz CT molecular complexity index is 332. The molecule has 2 aliphatic rings. The van der Waals surface area contributed by atoms with Gasteiger partial charge < -0.3 is 19.1 Å². The van der Waals surface area contributed by atoms with Crippen LogP contribution in [0.2, 0.25) is 0 Å². The summed E-state index contributed by atoms with van der Waals surface area (Å²) in [5.41, 5.74) is -0.434. The van der Waals surface area contributed by atoms with Gasteiger partial charge in [-0.25, -0.2) is 4.79 Å². The van der Waals surface area contributed by atoms with Gasteiger partial charge in [0, 0.05) is 40.5 Å². The van der Waals surface area contributed by atoms with Crippen molar-refractivity contribution in [1.29, 1.82) is 0 Å². The number of nitrogens with zero attached hydrogens (tertiary/aromatic N) is 1. The highest BCUT2D eigenvalue weighted by Crippen LogP contribution is 2.50. The van der Waals surface area contributed by atoms with E-state index in [4.69, 9.17) is 14.2 Å². The lowest BCUT2D eigenvalue weighted by atomic mass is 9.59. The number of fused-ring (bicyclic) bond motifs is 1. The maximum absolute atomic E-state index is 12.2. The summed E-state index contributed by atoms with van der Waals surface area (Å²) in [7, 11) is 3.47. The standard InChI is InChI=1S/C15H27NO4/c1-15(2,3)20-14(17)16-6-10-11(7-16)13(9-19-5)12(10)8-18-4/h10-13H,6-9H2,1-5H3. The predicted molar refractivity (Wildman–Crippen MR) is 75.5 cm³/mol. The second kappa shape index (κ2) is 5.90. The number of carbonyl (C=O) groups excluding carboxylic acids is 1. The van der Waals surface area contributed by atoms with E-state index in [2.05, 4.69) is 0 Å². The van der Waals surface area contributed by atoms with Crippen LogP contribution in [0.15, 0.2) is 0 Å². The Balaban J connectivity index is 1.95. The average Bonchev–Trinajstić information content (AvgIpc) is 2.71. The van der Waals surface area contributed by atoms with Crippen LogP contribution in [0.5, 0.6) is 0 Å². The summed E-state index contributed by atoms with van der Waals surface area (Å²) in [5, 5.41) is 0. The van der Waals surface area contributed by atoms with E-state index in [0.717, 1.165) is 26.3 Å². The van der Waals surface area contributed by atoms with E-state index >= 15 is 0 Å². The molecular formula is C15H27NO4. The molecule has 1 aliphatic heterocycles. The second-order valence-electron chi connectivity index (χ2n) is 6.95. The van der Waals surface area contributed by atoms with Crippen LogP contribution in [0.1, 0.15) is 20.8 Å². The minimum atomic E-state index is -0.434. The van der Waals surface area contributed by atoms with Crippen molar-refractivity contribution < 1.29 is 19.0 Å². The molecular weight excluding hydrogens is 258 g/mol. The van der Waals surface area contributed by atoms with Crippen molar-refractivity contribution in [2.45, 2.75) is 26.4 Å². The molecule has 0 radical (unpaired) electrons. The first kappa shape index (κ1) is 15.6. The largest absolute Gasteiger partial charge is 0.444 e. The summed E-state index contributed by atoms with van der Waals surface area (Å²) in [5.74, 6) is 2.06. The van der Waals surface area contributed by atoms with Gasteiger partial charge in [0.15, 0.2) is 0 Å². The molecule has 2 rings (SSSR count). The highest BCUT2D eigenvalue weighted by atomic mass is 16.6. The second-order valence-corrected chi connectivity index (χ2v) is 6.95. The first-order chi connectivity index (χ1) is 9.37. The number of hydrogen-bond donors (Lipinski definition) is 0. The Hall–Kier alpha value is -0.810. The highest BCUT2D eigenvalue weighted by Gasteiger charge is 2.55. The zero-order valence-corrected chi connectivity index (χ0v) is 13.2. The molecule has 1 saturated carbocycles. The summed E-state index contributed by atoms with van der Waals surface area (Å²) in [4.78, 5) is 14.0. The van der Waals surface area contributed by atoms with Crippen molar-refractivity contribution in [3.63, 3.8) is 0 Å². The van der Waals surface area contributed by atoms with Gasteiger partial charge >= 0.3 is 6.09 Å². The van der Waals surface area contributed by atoms with Gasteiger partial charge in [-0.15, -0.1) is 0 Å². The molecule has 0 aromatic heterocycles. The maximum atomic E-state index is 12.2. The van der Waals surface area contributed by atoms with E-state index in [1.165, 1.54) is 0 Å². The van der Waals surface area contributed by atoms with Gasteiger partial charge in [-0.1, -0.05) is 0 Å². The van der Waals surface area contributed by atoms with Crippen LogP contribution >= 0.6 is 0 Å². The van der Waals surface area contributed by atoms with Gasteiger partial charge in [0.2, 0.25) is 0 Å². The fourth-order valence-electron chi connectivity index (χ4n) is 3.60. The van der Waals surface area contributed by atoms with Gasteiger partial charge in [0.1, 0.15) is 5.60 Å². The molecule has 1 saturated heterocycles. The van der Waals surface area contributed by atoms with Crippen molar-refractivity contribution >= 4 is 6.09 Å². The first-order valence-electron chi connectivity index (χ1n) is 7.33. The molecule has 0 aromatic rings. The summed E-state index contributed by atoms with van der Waals surface area (Å²) in [6, 6.07) is 0. The molecule has 1 amide bonds. The lowest BCUT2D eigenvalue weighted by Gasteiger charge is -2.47. The van der Waals surface area contributed by atoms with E-state index in [-0.39, 0.29) is 6.09 Å². The summed E-state index contributed by atoms with van der Waals surface area (Å²) in [6.45, 7) is 8.77. The van der Waals surface area contributed by atoms with Crippen LogP contribution in [0.25, 0.3) is 0 Å². The van der Waals surface area contributed by atoms with Crippen molar-refractivity contribution in [2.75, 3.05) is 40.5 Å². The average molecular weight is 285 g/mol. The molecule has 5 heteroatoms. The van der Waals surface area contributed by atoms with Gasteiger partial charge in [0.05, 0.1) is 0 Å². The highest BCUT2D eigenvalue weighted by molar-refractivity contribution is 5.68. The van der Waals surface area contributed by atoms with Crippen LogP contribution in [0.4, 0.5) is 4.79 Å². The molecule has 1 heterocycles. The number of likely N-dealkylation sites (tertiary alicyclic amines) is 1. The van der Waals surface area contributed by atoms with Crippen molar-refractivity contribution in [1.82, 2.24) is 4.90 Å². The van der Waals surface area contributed by atoms with E-state index in [0.29, 0.717) is 23.7 Å². The third kappa shape index (κ3) is 3.09. The lowest BCUT2D eigenvalue weighted by molar-refractivity contribution is -0.0696. The number of methoxy groups -OCH3 is 2. The molecule has 5 nitrogen and oxygen atoms in total. The predicted octanol–water partition coefficient (Wildman–Crippen LogP) is 2.01. The van der Waals surface area contributed by atoms with E-state index < -0.39 is 5.60 Å². The van der Waals surface area contributed by atoms with Crippen LogP contribution in [-0.4, -0.2) is 57.1 Å². The number of carbonyl (C=O) groups is 1. The lowest BCUT2D eigenvalue weighted by Crippen LogP contribution is -2.50. The van der Waals surface area contributed by atoms with Crippen LogP contribution in [0, 0.1) is 23.7 Å². The SMILES string of the molecule is COCC1C(COC)C2CN(C(=O)OC(C)(C)C)CC12. The van der Waals surface area contributed by atoms with Gasteiger partial charge in [-0.3, -0.25) is 0 Å². The third-order valence-electron chi connectivity index (χ3n) is 4.43. The Kier molecular flexibility index (Phi) is 4.59. The van der Waals surface area contributed by atoms with Crippen molar-refractivity contribution in [3.05, 3.63) is 0 Å². The van der Waals surface area contributed by atoms with Crippen LogP contribution in [0.3, 0.4) is 0 Å². The van der Waals surface area contributed by atoms with E-state index in [9.17, 15) is 4.79 Å². The summed E-state index contributed by atoms with van der Waals surface area (Å²) < 4.78 is 16.1. The number of amides is 1. The molecule has 4 unspecified atom stereocenters. The molecule has 2 fully saturated rings. The molecule has 1 aliphatic carbocycles. The smallest absolute Gasteiger partial charge is 0.410 e. The molecule has 4 atom stereocenters. The monoisotopic (exact) mass is 285 g/mol. The minimum Gasteiger partial charge on any atom is -0.444 e. The molecule has 0 aromatic carbocycles. The van der Waals surface area contributed by atoms with Gasteiger partial charge in [-0.05, 0) is 44.4 Å². The molecule has 20 heavy (non-hydrogen) atoms. The van der Waals surface area contributed by atoms with Crippen molar-refractivity contribution in [2.24, 2.45) is 23.7 Å². The van der Waals surface area contributed by atoms with E-state index in [1.807, 2.05) is 25.7 Å². The Morgan fingerprint density at radius 3 is 1.85 bits per heavy atom. The summed E-state index contributed by atoms with van der Waals surface area (Å²) >= 11 is 0. The van der Waals surface area contributed by atoms with Gasteiger partial charge in [0.25, 0.3) is 0 Å². The zero-order valence-electron chi connectivity index (χ0n) is 13.2. The third-order valence-corrected chi connectivity index (χ3v) is 4.43.